The standard InChI is InChI=1S/C19H29N3O/c1-4-15(2)14-22-18-11-8-7-10-17(18)21-19(22)12-6-5-9-13-20-16(3)23/h7-8,10-11,15H,4-6,9,12-14H2,1-3H3,(H,20,23)/t15-/m1/s1. The second-order valence-electron chi connectivity index (χ2n) is 6.43. The smallest absolute Gasteiger partial charge is 0.216 e. The second-order valence-corrected chi connectivity index (χ2v) is 6.43. The Kier molecular flexibility index (Phi) is 6.63. The lowest BCUT2D eigenvalue weighted by Gasteiger charge is -2.14. The van der Waals surface area contributed by atoms with E-state index in [1.54, 1.807) is 6.92 Å². The van der Waals surface area contributed by atoms with Gasteiger partial charge in [-0.2, -0.15) is 0 Å². The SMILES string of the molecule is CC[C@@H](C)Cn1c(CCCCCNC(C)=O)nc2ccccc21. The van der Waals surface area contributed by atoms with Crippen molar-refractivity contribution in [1.29, 1.82) is 0 Å². The number of aromatic nitrogens is 2. The van der Waals surface area contributed by atoms with E-state index < -0.39 is 0 Å². The van der Waals surface area contributed by atoms with Crippen molar-refractivity contribution in [3.05, 3.63) is 30.1 Å². The highest BCUT2D eigenvalue weighted by molar-refractivity contribution is 5.75. The zero-order chi connectivity index (χ0) is 16.7. The summed E-state index contributed by atoms with van der Waals surface area (Å²) >= 11 is 0. The van der Waals surface area contributed by atoms with Crippen LogP contribution < -0.4 is 5.32 Å². The Hall–Kier alpha value is -1.84. The van der Waals surface area contributed by atoms with Gasteiger partial charge >= 0.3 is 0 Å². The monoisotopic (exact) mass is 315 g/mol. The van der Waals surface area contributed by atoms with Crippen LogP contribution in [0.15, 0.2) is 24.3 Å². The van der Waals surface area contributed by atoms with Gasteiger partial charge in [0.25, 0.3) is 0 Å². The van der Waals surface area contributed by atoms with Crippen molar-refractivity contribution in [1.82, 2.24) is 14.9 Å². The molecule has 0 bridgehead atoms. The first-order valence-electron chi connectivity index (χ1n) is 8.80. The number of para-hydroxylation sites is 2. The van der Waals surface area contributed by atoms with Crippen molar-refractivity contribution in [3.63, 3.8) is 0 Å². The van der Waals surface area contributed by atoms with Gasteiger partial charge < -0.3 is 9.88 Å². The lowest BCUT2D eigenvalue weighted by atomic mass is 10.1. The van der Waals surface area contributed by atoms with Gasteiger partial charge in [-0.05, 0) is 30.9 Å². The third kappa shape index (κ3) is 5.08. The average Bonchev–Trinajstić information content (AvgIpc) is 2.88. The zero-order valence-electron chi connectivity index (χ0n) is 14.6. The molecule has 1 atom stereocenters. The van der Waals surface area contributed by atoms with E-state index in [4.69, 9.17) is 4.98 Å². The van der Waals surface area contributed by atoms with Crippen LogP contribution in [-0.4, -0.2) is 22.0 Å². The van der Waals surface area contributed by atoms with Crippen LogP contribution in [-0.2, 0) is 17.8 Å². The molecule has 0 aliphatic heterocycles. The molecule has 1 heterocycles. The van der Waals surface area contributed by atoms with Crippen molar-refractivity contribution >= 4 is 16.9 Å². The van der Waals surface area contributed by atoms with Gasteiger partial charge in [0.05, 0.1) is 11.0 Å². The Bertz CT molecular complexity index is 633. The van der Waals surface area contributed by atoms with Crippen molar-refractivity contribution in [3.8, 4) is 0 Å². The van der Waals surface area contributed by atoms with Crippen molar-refractivity contribution in [2.45, 2.75) is 59.4 Å². The molecule has 0 spiro atoms. The normalized spacial score (nSPS) is 12.5. The fourth-order valence-electron chi connectivity index (χ4n) is 2.81. The van der Waals surface area contributed by atoms with Crippen LogP contribution in [0, 0.1) is 5.92 Å². The molecule has 0 saturated heterocycles. The number of imidazole rings is 1. The van der Waals surface area contributed by atoms with Gasteiger partial charge in [-0.25, -0.2) is 4.98 Å². The Morgan fingerprint density at radius 2 is 2.04 bits per heavy atom. The Labute approximate surface area is 139 Å². The van der Waals surface area contributed by atoms with E-state index in [0.29, 0.717) is 5.92 Å². The van der Waals surface area contributed by atoms with Crippen LogP contribution in [0.25, 0.3) is 11.0 Å². The van der Waals surface area contributed by atoms with E-state index in [1.807, 2.05) is 0 Å². The zero-order valence-corrected chi connectivity index (χ0v) is 14.6. The molecule has 126 valence electrons. The summed E-state index contributed by atoms with van der Waals surface area (Å²) < 4.78 is 2.40. The summed E-state index contributed by atoms with van der Waals surface area (Å²) in [5.74, 6) is 1.91. The molecule has 4 nitrogen and oxygen atoms in total. The lowest BCUT2D eigenvalue weighted by molar-refractivity contribution is -0.118. The molecule has 2 aromatic rings. The topological polar surface area (TPSA) is 46.9 Å². The van der Waals surface area contributed by atoms with Crippen LogP contribution in [0.3, 0.4) is 0 Å². The minimum atomic E-state index is 0.0559. The molecule has 1 amide bonds. The van der Waals surface area contributed by atoms with Gasteiger partial charge in [0.2, 0.25) is 5.91 Å². The number of rotatable bonds is 9. The van der Waals surface area contributed by atoms with Gasteiger partial charge in [-0.15, -0.1) is 0 Å². The summed E-state index contributed by atoms with van der Waals surface area (Å²) in [5.41, 5.74) is 2.35. The molecule has 0 fully saturated rings. The summed E-state index contributed by atoms with van der Waals surface area (Å²) in [6.07, 6.45) is 5.45. The Morgan fingerprint density at radius 1 is 1.26 bits per heavy atom. The van der Waals surface area contributed by atoms with Crippen molar-refractivity contribution < 1.29 is 4.79 Å². The number of hydrogen-bond acceptors (Lipinski definition) is 2. The molecule has 0 radical (unpaired) electrons. The molecule has 1 aromatic heterocycles. The summed E-state index contributed by atoms with van der Waals surface area (Å²) in [5, 5.41) is 2.85. The number of nitrogens with zero attached hydrogens (tertiary/aromatic N) is 2. The van der Waals surface area contributed by atoms with Gasteiger partial charge in [-0.3, -0.25) is 4.79 Å². The molecule has 0 aliphatic carbocycles. The van der Waals surface area contributed by atoms with Crippen molar-refractivity contribution in [2.75, 3.05) is 6.54 Å². The number of carbonyl (C=O) groups is 1. The number of fused-ring (bicyclic) bond motifs is 1. The summed E-state index contributed by atoms with van der Waals surface area (Å²) in [6, 6.07) is 8.42. The van der Waals surface area contributed by atoms with E-state index in [1.165, 1.54) is 17.8 Å². The molecule has 2 rings (SSSR count). The van der Waals surface area contributed by atoms with E-state index in [-0.39, 0.29) is 5.91 Å². The number of benzene rings is 1. The largest absolute Gasteiger partial charge is 0.356 e. The molecule has 0 saturated carbocycles. The number of carbonyl (C=O) groups excluding carboxylic acids is 1. The first kappa shape index (κ1) is 17.5. The van der Waals surface area contributed by atoms with Gasteiger partial charge in [0.15, 0.2) is 0 Å². The average molecular weight is 315 g/mol. The Morgan fingerprint density at radius 3 is 2.78 bits per heavy atom. The van der Waals surface area contributed by atoms with Crippen LogP contribution >= 0.6 is 0 Å². The maximum Gasteiger partial charge on any atom is 0.216 e. The van der Waals surface area contributed by atoms with E-state index in [2.05, 4.69) is 48.0 Å². The van der Waals surface area contributed by atoms with E-state index in [0.717, 1.165) is 44.3 Å². The highest BCUT2D eigenvalue weighted by Crippen LogP contribution is 2.20. The third-order valence-electron chi connectivity index (χ3n) is 4.38. The van der Waals surface area contributed by atoms with Crippen LogP contribution in [0.2, 0.25) is 0 Å². The lowest BCUT2D eigenvalue weighted by Crippen LogP contribution is -2.20. The number of amides is 1. The Balaban J connectivity index is 1.98. The van der Waals surface area contributed by atoms with Gasteiger partial charge in [0, 0.05) is 26.4 Å². The van der Waals surface area contributed by atoms with Crippen LogP contribution in [0.1, 0.15) is 52.3 Å². The highest BCUT2D eigenvalue weighted by Gasteiger charge is 2.12. The quantitative estimate of drug-likeness (QED) is 0.713. The molecule has 0 aliphatic rings. The van der Waals surface area contributed by atoms with Crippen LogP contribution in [0.5, 0.6) is 0 Å². The number of hydrogen-bond donors (Lipinski definition) is 1. The van der Waals surface area contributed by atoms with Crippen molar-refractivity contribution in [2.24, 2.45) is 5.92 Å². The molecule has 23 heavy (non-hydrogen) atoms. The summed E-state index contributed by atoms with van der Waals surface area (Å²) in [7, 11) is 0. The number of nitrogens with one attached hydrogen (secondary N) is 1. The molecular weight excluding hydrogens is 286 g/mol. The van der Waals surface area contributed by atoms with E-state index >= 15 is 0 Å². The fraction of sp³-hybridized carbons (Fsp3) is 0.579. The third-order valence-corrected chi connectivity index (χ3v) is 4.38. The summed E-state index contributed by atoms with van der Waals surface area (Å²) in [6.45, 7) is 7.92. The van der Waals surface area contributed by atoms with Gasteiger partial charge in [0.1, 0.15) is 5.82 Å². The highest BCUT2D eigenvalue weighted by atomic mass is 16.1. The molecular formula is C19H29N3O. The minimum Gasteiger partial charge on any atom is -0.356 e. The molecule has 1 aromatic carbocycles. The maximum absolute atomic E-state index is 10.8. The number of aryl methyl sites for hydroxylation is 1. The number of unbranched alkanes of at least 4 members (excludes halogenated alkanes) is 2. The molecule has 4 heteroatoms. The maximum atomic E-state index is 10.8. The predicted molar refractivity (Wildman–Crippen MR) is 95.4 cm³/mol. The second kappa shape index (κ2) is 8.70. The fourth-order valence-corrected chi connectivity index (χ4v) is 2.81. The van der Waals surface area contributed by atoms with Crippen LogP contribution in [0.4, 0.5) is 0 Å². The molecule has 1 N–H and O–H groups in total. The predicted octanol–water partition coefficient (Wildman–Crippen LogP) is 3.93. The molecule has 0 unspecified atom stereocenters. The van der Waals surface area contributed by atoms with Gasteiger partial charge in [-0.1, -0.05) is 38.8 Å². The summed E-state index contributed by atoms with van der Waals surface area (Å²) in [4.78, 5) is 15.7. The minimum absolute atomic E-state index is 0.0559. The first-order valence-corrected chi connectivity index (χ1v) is 8.80. The first-order chi connectivity index (χ1) is 11.1. The van der Waals surface area contributed by atoms with E-state index in [9.17, 15) is 4.79 Å².